The van der Waals surface area contributed by atoms with E-state index in [4.69, 9.17) is 0 Å². The molecule has 0 saturated heterocycles. The van der Waals surface area contributed by atoms with E-state index in [1.165, 1.54) is 0 Å². The first-order valence-corrected chi connectivity index (χ1v) is 5.73. The molecule has 0 aliphatic heterocycles. The minimum absolute atomic E-state index is 0.676. The number of aryl methyl sites for hydroxylation is 2. The molecular formula is C8H7Br2N5. The smallest absolute Gasteiger partial charge is 0.157 e. The van der Waals surface area contributed by atoms with Gasteiger partial charge in [0.25, 0.3) is 0 Å². The summed E-state index contributed by atoms with van der Waals surface area (Å²) in [4.78, 5) is 8.47. The van der Waals surface area contributed by atoms with E-state index < -0.39 is 0 Å². The lowest BCUT2D eigenvalue weighted by atomic mass is 10.3. The molecule has 0 aliphatic rings. The number of aromatic nitrogens is 5. The van der Waals surface area contributed by atoms with Crippen molar-refractivity contribution >= 4 is 31.9 Å². The van der Waals surface area contributed by atoms with Gasteiger partial charge in [-0.05, 0) is 44.8 Å². The summed E-state index contributed by atoms with van der Waals surface area (Å²) in [5, 5.41) is 7.80. The van der Waals surface area contributed by atoms with E-state index >= 15 is 0 Å². The molecule has 5 nitrogen and oxygen atoms in total. The Labute approximate surface area is 103 Å². The molecule has 0 unspecified atom stereocenters. The van der Waals surface area contributed by atoms with Crippen molar-refractivity contribution in [2.75, 3.05) is 0 Å². The SMILES string of the molecule is Cc1nc(Br)cc(-c2c(Br)nnn2C)n1. The van der Waals surface area contributed by atoms with Gasteiger partial charge in [-0.15, -0.1) is 5.10 Å². The molecule has 2 aromatic rings. The number of hydrogen-bond acceptors (Lipinski definition) is 4. The molecule has 2 rings (SSSR count). The molecule has 0 N–H and O–H groups in total. The monoisotopic (exact) mass is 331 g/mol. The number of nitrogens with zero attached hydrogens (tertiary/aromatic N) is 5. The maximum absolute atomic E-state index is 4.33. The second-order valence-electron chi connectivity index (χ2n) is 2.98. The molecule has 0 saturated carbocycles. The fourth-order valence-electron chi connectivity index (χ4n) is 1.26. The Bertz CT molecular complexity index is 468. The minimum atomic E-state index is 0.676. The Morgan fingerprint density at radius 1 is 1.27 bits per heavy atom. The molecule has 0 bridgehead atoms. The van der Waals surface area contributed by atoms with Crippen LogP contribution in [0.5, 0.6) is 0 Å². The lowest BCUT2D eigenvalue weighted by Crippen LogP contribution is -1.98. The fourth-order valence-corrected chi connectivity index (χ4v) is 2.26. The number of halogens is 2. The summed E-state index contributed by atoms with van der Waals surface area (Å²) in [5.41, 5.74) is 1.62. The molecule has 0 spiro atoms. The zero-order valence-electron chi connectivity index (χ0n) is 8.07. The van der Waals surface area contributed by atoms with Crippen LogP contribution >= 0.6 is 31.9 Å². The van der Waals surface area contributed by atoms with Crippen LogP contribution in [0.1, 0.15) is 5.82 Å². The molecule has 0 amide bonds. The molecule has 7 heteroatoms. The van der Waals surface area contributed by atoms with Crippen molar-refractivity contribution in [2.24, 2.45) is 7.05 Å². The average Bonchev–Trinajstić information content (AvgIpc) is 2.44. The van der Waals surface area contributed by atoms with Crippen LogP contribution < -0.4 is 0 Å². The highest BCUT2D eigenvalue weighted by Gasteiger charge is 2.13. The van der Waals surface area contributed by atoms with Crippen molar-refractivity contribution < 1.29 is 0 Å². The van der Waals surface area contributed by atoms with Gasteiger partial charge in [-0.2, -0.15) is 0 Å². The summed E-state index contributed by atoms with van der Waals surface area (Å²) in [5.74, 6) is 0.701. The standard InChI is InChI=1S/C8H7Br2N5/c1-4-11-5(3-6(9)12-4)7-8(10)13-14-15(7)2/h3H,1-2H3. The van der Waals surface area contributed by atoms with Gasteiger partial charge in [0.2, 0.25) is 0 Å². The van der Waals surface area contributed by atoms with Gasteiger partial charge in [0.05, 0.1) is 5.69 Å². The summed E-state index contributed by atoms with van der Waals surface area (Å²) < 4.78 is 3.09. The third-order valence-corrected chi connectivity index (χ3v) is 2.78. The second-order valence-corrected chi connectivity index (χ2v) is 4.54. The van der Waals surface area contributed by atoms with Crippen LogP contribution in [0.4, 0.5) is 0 Å². The van der Waals surface area contributed by atoms with Crippen LogP contribution in [0.15, 0.2) is 15.3 Å². The van der Waals surface area contributed by atoms with Gasteiger partial charge >= 0.3 is 0 Å². The Hall–Kier alpha value is -0.820. The minimum Gasteiger partial charge on any atom is -0.245 e. The van der Waals surface area contributed by atoms with E-state index in [2.05, 4.69) is 52.1 Å². The van der Waals surface area contributed by atoms with Crippen molar-refractivity contribution in [2.45, 2.75) is 6.92 Å². The van der Waals surface area contributed by atoms with Crippen LogP contribution in [0.2, 0.25) is 0 Å². The van der Waals surface area contributed by atoms with E-state index in [1.807, 2.05) is 20.0 Å². The maximum Gasteiger partial charge on any atom is 0.157 e. The van der Waals surface area contributed by atoms with Gasteiger partial charge in [0.15, 0.2) is 4.60 Å². The molecule has 15 heavy (non-hydrogen) atoms. The lowest BCUT2D eigenvalue weighted by molar-refractivity contribution is 0.718. The van der Waals surface area contributed by atoms with Crippen LogP contribution in [0, 0.1) is 6.92 Å². The summed E-state index contributed by atoms with van der Waals surface area (Å²) in [7, 11) is 1.82. The summed E-state index contributed by atoms with van der Waals surface area (Å²) in [6.07, 6.45) is 0. The van der Waals surface area contributed by atoms with Crippen molar-refractivity contribution in [1.82, 2.24) is 25.0 Å². The first-order chi connectivity index (χ1) is 7.08. The summed E-state index contributed by atoms with van der Waals surface area (Å²) in [6.45, 7) is 1.84. The highest BCUT2D eigenvalue weighted by molar-refractivity contribution is 9.10. The van der Waals surface area contributed by atoms with Gasteiger partial charge in [0, 0.05) is 7.05 Å². The third kappa shape index (κ3) is 2.07. The maximum atomic E-state index is 4.33. The Balaban J connectivity index is 2.63. The zero-order chi connectivity index (χ0) is 11.0. The van der Waals surface area contributed by atoms with Crippen molar-refractivity contribution in [3.05, 3.63) is 21.1 Å². The lowest BCUT2D eigenvalue weighted by Gasteiger charge is -2.02. The molecule has 78 valence electrons. The van der Waals surface area contributed by atoms with Crippen molar-refractivity contribution in [1.29, 1.82) is 0 Å². The molecular weight excluding hydrogens is 326 g/mol. The second kappa shape index (κ2) is 3.97. The predicted octanol–water partition coefficient (Wildman–Crippen LogP) is 2.11. The highest BCUT2D eigenvalue weighted by Crippen LogP contribution is 2.25. The molecule has 2 heterocycles. The van der Waals surface area contributed by atoms with Crippen LogP contribution in [-0.4, -0.2) is 25.0 Å². The van der Waals surface area contributed by atoms with E-state index in [0.717, 1.165) is 16.0 Å². The van der Waals surface area contributed by atoms with E-state index in [1.54, 1.807) is 4.68 Å². The number of rotatable bonds is 1. The number of hydrogen-bond donors (Lipinski definition) is 0. The molecule has 0 aromatic carbocycles. The normalized spacial score (nSPS) is 10.7. The third-order valence-electron chi connectivity index (χ3n) is 1.84. The first kappa shape index (κ1) is 10.7. The predicted molar refractivity (Wildman–Crippen MR) is 62.2 cm³/mol. The van der Waals surface area contributed by atoms with Crippen molar-refractivity contribution in [3.63, 3.8) is 0 Å². The van der Waals surface area contributed by atoms with Gasteiger partial charge < -0.3 is 0 Å². The van der Waals surface area contributed by atoms with Gasteiger partial charge in [-0.25, -0.2) is 14.6 Å². The molecule has 2 aromatic heterocycles. The summed E-state index contributed by atoms with van der Waals surface area (Å²) in [6, 6.07) is 1.83. The van der Waals surface area contributed by atoms with Crippen LogP contribution in [-0.2, 0) is 7.05 Å². The van der Waals surface area contributed by atoms with E-state index in [9.17, 15) is 0 Å². The van der Waals surface area contributed by atoms with Gasteiger partial charge in [0.1, 0.15) is 16.1 Å². The van der Waals surface area contributed by atoms with Gasteiger partial charge in [-0.3, -0.25) is 0 Å². The highest BCUT2D eigenvalue weighted by atomic mass is 79.9. The Morgan fingerprint density at radius 2 is 2.00 bits per heavy atom. The van der Waals surface area contributed by atoms with Crippen LogP contribution in [0.25, 0.3) is 11.4 Å². The van der Waals surface area contributed by atoms with E-state index in [0.29, 0.717) is 10.4 Å². The Morgan fingerprint density at radius 3 is 2.53 bits per heavy atom. The average molecular weight is 333 g/mol. The molecule has 0 aliphatic carbocycles. The first-order valence-electron chi connectivity index (χ1n) is 4.14. The topological polar surface area (TPSA) is 56.5 Å². The largest absolute Gasteiger partial charge is 0.245 e. The van der Waals surface area contributed by atoms with Crippen molar-refractivity contribution in [3.8, 4) is 11.4 Å². The zero-order valence-corrected chi connectivity index (χ0v) is 11.2. The fraction of sp³-hybridized carbons (Fsp3) is 0.250. The quantitative estimate of drug-likeness (QED) is 0.750. The Kier molecular flexibility index (Phi) is 2.83. The summed E-state index contributed by atoms with van der Waals surface area (Å²) >= 11 is 6.66. The van der Waals surface area contributed by atoms with Crippen LogP contribution in [0.3, 0.4) is 0 Å². The molecule has 0 atom stereocenters. The molecule has 0 fully saturated rings. The molecule has 0 radical (unpaired) electrons. The van der Waals surface area contributed by atoms with E-state index in [-0.39, 0.29) is 0 Å². The van der Waals surface area contributed by atoms with Gasteiger partial charge in [-0.1, -0.05) is 5.21 Å².